The van der Waals surface area contributed by atoms with Crippen LogP contribution in [0.15, 0.2) is 18.3 Å². The van der Waals surface area contributed by atoms with Crippen molar-refractivity contribution in [2.24, 2.45) is 11.3 Å². The molecule has 1 aromatic rings. The molecule has 0 unspecified atom stereocenters. The number of halogens is 3. The summed E-state index contributed by atoms with van der Waals surface area (Å²) in [5.41, 5.74) is -0.606. The quantitative estimate of drug-likeness (QED) is 0.857. The normalized spacial score (nSPS) is 29.0. The minimum Gasteiger partial charge on any atom is -0.468 e. The molecule has 2 aliphatic rings. The summed E-state index contributed by atoms with van der Waals surface area (Å²) in [6.07, 6.45) is 0.173. The van der Waals surface area contributed by atoms with Crippen LogP contribution in [-0.4, -0.2) is 40.9 Å². The van der Waals surface area contributed by atoms with Gasteiger partial charge in [-0.05, 0) is 44.1 Å². The molecular weight excluding hydrogens is 361 g/mol. The predicted molar refractivity (Wildman–Crippen MR) is 93.4 cm³/mol. The van der Waals surface area contributed by atoms with E-state index in [1.54, 1.807) is 11.0 Å². The van der Waals surface area contributed by atoms with E-state index in [1.807, 2.05) is 13.8 Å². The standard InChI is InChI=1S/C19H25F3N2O3/c1-13(2)18(26)7-5-17(6-8-18)9-10-24(16(17)25)14-3-4-15(23-11-14)27-12-19(20,21)22/h3-4,11,13,26H,5-10,12H2,1-2H3. The number of hydrogen-bond acceptors (Lipinski definition) is 4. The Kier molecular flexibility index (Phi) is 5.14. The molecule has 1 saturated heterocycles. The van der Waals surface area contributed by atoms with Gasteiger partial charge < -0.3 is 14.7 Å². The lowest BCUT2D eigenvalue weighted by atomic mass is 9.65. The van der Waals surface area contributed by atoms with Crippen LogP contribution in [0, 0.1) is 11.3 Å². The molecule has 0 radical (unpaired) electrons. The zero-order valence-corrected chi connectivity index (χ0v) is 15.6. The van der Waals surface area contributed by atoms with Crippen LogP contribution in [0.4, 0.5) is 18.9 Å². The van der Waals surface area contributed by atoms with Crippen molar-refractivity contribution in [2.45, 2.75) is 57.7 Å². The maximum Gasteiger partial charge on any atom is 0.422 e. The van der Waals surface area contributed by atoms with E-state index >= 15 is 0 Å². The maximum absolute atomic E-state index is 13.0. The van der Waals surface area contributed by atoms with Gasteiger partial charge in [-0.25, -0.2) is 4.98 Å². The zero-order chi connectivity index (χ0) is 19.9. The van der Waals surface area contributed by atoms with Crippen LogP contribution in [0.2, 0.25) is 0 Å². The summed E-state index contributed by atoms with van der Waals surface area (Å²) < 4.78 is 41.2. The average Bonchev–Trinajstić information content (AvgIpc) is 2.92. The summed E-state index contributed by atoms with van der Waals surface area (Å²) in [6.45, 7) is 3.14. The van der Waals surface area contributed by atoms with Crippen LogP contribution in [0.1, 0.15) is 46.0 Å². The molecule has 3 rings (SSSR count). The first kappa shape index (κ1) is 19.9. The minimum absolute atomic E-state index is 0.0130. The molecule has 1 aromatic heterocycles. The van der Waals surface area contributed by atoms with Gasteiger partial charge in [-0.2, -0.15) is 13.2 Å². The predicted octanol–water partition coefficient (Wildman–Crippen LogP) is 3.71. The van der Waals surface area contributed by atoms with Gasteiger partial charge in [0.25, 0.3) is 0 Å². The summed E-state index contributed by atoms with van der Waals surface area (Å²) in [4.78, 5) is 18.6. The number of amides is 1. The van der Waals surface area contributed by atoms with Gasteiger partial charge in [0, 0.05) is 12.6 Å². The number of carbonyl (C=O) groups is 1. The molecular formula is C19H25F3N2O3. The molecule has 0 atom stereocenters. The molecule has 150 valence electrons. The third-order valence-electron chi connectivity index (χ3n) is 6.08. The number of carbonyl (C=O) groups excluding carboxylic acids is 1. The van der Waals surface area contributed by atoms with Gasteiger partial charge in [-0.1, -0.05) is 13.8 Å². The number of alkyl halides is 3. The Morgan fingerprint density at radius 2 is 1.89 bits per heavy atom. The number of pyridine rings is 1. The fourth-order valence-corrected chi connectivity index (χ4v) is 4.04. The van der Waals surface area contributed by atoms with Crippen molar-refractivity contribution in [3.63, 3.8) is 0 Å². The Balaban J connectivity index is 1.65. The third-order valence-corrected chi connectivity index (χ3v) is 6.08. The number of rotatable bonds is 4. The number of nitrogens with zero attached hydrogens (tertiary/aromatic N) is 2. The molecule has 1 saturated carbocycles. The SMILES string of the molecule is CC(C)C1(O)CCC2(CCN(c3ccc(OCC(F)(F)F)nc3)C2=O)CC1. The monoisotopic (exact) mass is 386 g/mol. The first-order valence-corrected chi connectivity index (χ1v) is 9.25. The second kappa shape index (κ2) is 6.96. The first-order chi connectivity index (χ1) is 12.5. The molecule has 0 aromatic carbocycles. The van der Waals surface area contributed by atoms with Gasteiger partial charge in [0.05, 0.1) is 22.9 Å². The number of ether oxygens (including phenoxy) is 1. The minimum atomic E-state index is -4.42. The van der Waals surface area contributed by atoms with Gasteiger partial charge in [0.2, 0.25) is 11.8 Å². The molecule has 1 N–H and O–H groups in total. The van der Waals surface area contributed by atoms with Crippen LogP contribution in [-0.2, 0) is 4.79 Å². The summed E-state index contributed by atoms with van der Waals surface area (Å²) >= 11 is 0. The molecule has 8 heteroatoms. The lowest BCUT2D eigenvalue weighted by Gasteiger charge is -2.43. The summed E-state index contributed by atoms with van der Waals surface area (Å²) in [7, 11) is 0. The highest BCUT2D eigenvalue weighted by atomic mass is 19.4. The van der Waals surface area contributed by atoms with E-state index in [4.69, 9.17) is 0 Å². The fraction of sp³-hybridized carbons (Fsp3) is 0.684. The van der Waals surface area contributed by atoms with Gasteiger partial charge in [0.15, 0.2) is 6.61 Å². The maximum atomic E-state index is 13.0. The van der Waals surface area contributed by atoms with Crippen molar-refractivity contribution in [2.75, 3.05) is 18.1 Å². The Morgan fingerprint density at radius 3 is 2.41 bits per heavy atom. The van der Waals surface area contributed by atoms with E-state index in [-0.39, 0.29) is 17.7 Å². The molecule has 1 aliphatic carbocycles. The van der Waals surface area contributed by atoms with Gasteiger partial charge in [-0.15, -0.1) is 0 Å². The largest absolute Gasteiger partial charge is 0.468 e. The summed E-state index contributed by atoms with van der Waals surface area (Å²) in [5.74, 6) is 0.0343. The highest BCUT2D eigenvalue weighted by Crippen LogP contribution is 2.50. The number of aromatic nitrogens is 1. The van der Waals surface area contributed by atoms with Crippen LogP contribution < -0.4 is 9.64 Å². The third kappa shape index (κ3) is 4.05. The van der Waals surface area contributed by atoms with E-state index < -0.39 is 23.8 Å². The Bertz CT molecular complexity index is 680. The molecule has 1 aliphatic heterocycles. The number of hydrogen-bond donors (Lipinski definition) is 1. The van der Waals surface area contributed by atoms with Crippen molar-refractivity contribution in [1.82, 2.24) is 4.98 Å². The summed E-state index contributed by atoms with van der Waals surface area (Å²) in [6, 6.07) is 2.90. The number of anilines is 1. The molecule has 2 fully saturated rings. The Labute approximate surface area is 156 Å². The van der Waals surface area contributed by atoms with Gasteiger partial charge in [0.1, 0.15) is 0 Å². The summed E-state index contributed by atoms with van der Waals surface area (Å²) in [5, 5.41) is 10.7. The van der Waals surface area contributed by atoms with Crippen LogP contribution in [0.25, 0.3) is 0 Å². The van der Waals surface area contributed by atoms with Crippen molar-refractivity contribution >= 4 is 11.6 Å². The van der Waals surface area contributed by atoms with Gasteiger partial charge >= 0.3 is 6.18 Å². The first-order valence-electron chi connectivity index (χ1n) is 9.25. The van der Waals surface area contributed by atoms with E-state index in [1.165, 1.54) is 12.3 Å². The fourth-order valence-electron chi connectivity index (χ4n) is 4.04. The average molecular weight is 386 g/mol. The second-order valence-electron chi connectivity index (χ2n) is 8.00. The van der Waals surface area contributed by atoms with Gasteiger partial charge in [-0.3, -0.25) is 4.79 Å². The molecule has 1 amide bonds. The highest BCUT2D eigenvalue weighted by Gasteiger charge is 2.52. The Hall–Kier alpha value is -1.83. The molecule has 5 nitrogen and oxygen atoms in total. The van der Waals surface area contributed by atoms with E-state index in [9.17, 15) is 23.1 Å². The van der Waals surface area contributed by atoms with Crippen LogP contribution >= 0.6 is 0 Å². The zero-order valence-electron chi connectivity index (χ0n) is 15.6. The van der Waals surface area contributed by atoms with E-state index in [2.05, 4.69) is 9.72 Å². The van der Waals surface area contributed by atoms with Crippen molar-refractivity contribution in [3.05, 3.63) is 18.3 Å². The van der Waals surface area contributed by atoms with Crippen molar-refractivity contribution < 1.29 is 27.8 Å². The molecule has 1 spiro atoms. The van der Waals surface area contributed by atoms with E-state index in [0.29, 0.717) is 44.3 Å². The highest BCUT2D eigenvalue weighted by molar-refractivity contribution is 5.99. The van der Waals surface area contributed by atoms with Crippen molar-refractivity contribution in [3.8, 4) is 5.88 Å². The molecule has 27 heavy (non-hydrogen) atoms. The lowest BCUT2D eigenvalue weighted by molar-refractivity contribution is -0.154. The van der Waals surface area contributed by atoms with E-state index in [0.717, 1.165) is 0 Å². The van der Waals surface area contributed by atoms with Crippen LogP contribution in [0.5, 0.6) is 5.88 Å². The topological polar surface area (TPSA) is 62.7 Å². The second-order valence-corrected chi connectivity index (χ2v) is 8.00. The molecule has 0 bridgehead atoms. The Morgan fingerprint density at radius 1 is 1.22 bits per heavy atom. The smallest absolute Gasteiger partial charge is 0.422 e. The lowest BCUT2D eigenvalue weighted by Crippen LogP contribution is -2.46. The van der Waals surface area contributed by atoms with Crippen LogP contribution in [0.3, 0.4) is 0 Å². The number of aliphatic hydroxyl groups is 1. The molecule has 2 heterocycles. The van der Waals surface area contributed by atoms with Crippen molar-refractivity contribution in [1.29, 1.82) is 0 Å².